The fraction of sp³-hybridized carbons (Fsp3) is 0.391. The van der Waals surface area contributed by atoms with E-state index < -0.39 is 0 Å². The van der Waals surface area contributed by atoms with E-state index >= 15 is 0 Å². The van der Waals surface area contributed by atoms with Gasteiger partial charge in [-0.3, -0.25) is 4.79 Å². The zero-order chi connectivity index (χ0) is 22.9. The fourth-order valence-electron chi connectivity index (χ4n) is 5.36. The predicted octanol–water partition coefficient (Wildman–Crippen LogP) is 3.48. The van der Waals surface area contributed by atoms with Crippen LogP contribution in [0.3, 0.4) is 0 Å². The lowest BCUT2D eigenvalue weighted by Crippen LogP contribution is -2.59. The van der Waals surface area contributed by atoms with Crippen molar-refractivity contribution in [2.24, 2.45) is 11.8 Å². The zero-order valence-corrected chi connectivity index (χ0v) is 19.5. The molecule has 168 valence electrons. The summed E-state index contributed by atoms with van der Waals surface area (Å²) < 4.78 is 0. The Balaban J connectivity index is 1.48. The number of hydrogen-bond acceptors (Lipinski definition) is 8. The van der Waals surface area contributed by atoms with Crippen molar-refractivity contribution in [3.63, 3.8) is 0 Å². The summed E-state index contributed by atoms with van der Waals surface area (Å²) in [5.41, 5.74) is 10.4. The molecular weight excluding hydrogens is 436 g/mol. The molecule has 33 heavy (non-hydrogen) atoms. The van der Waals surface area contributed by atoms with Crippen LogP contribution in [0.2, 0.25) is 0 Å². The second-order valence-corrected chi connectivity index (χ2v) is 10.1. The van der Waals surface area contributed by atoms with Gasteiger partial charge in [0.25, 0.3) is 5.91 Å². The minimum absolute atomic E-state index is 0.0942. The molecule has 4 aromatic heterocycles. The highest BCUT2D eigenvalue weighted by atomic mass is 32.1. The highest BCUT2D eigenvalue weighted by Gasteiger charge is 2.52. The Hall–Kier alpha value is -3.40. The maximum atomic E-state index is 14.2. The molecule has 0 spiro atoms. The Morgan fingerprint density at radius 3 is 2.64 bits per heavy atom. The molecule has 2 bridgehead atoms. The number of nitrogen functional groups attached to an aromatic ring is 1. The van der Waals surface area contributed by atoms with Crippen LogP contribution in [0.1, 0.15) is 53.2 Å². The van der Waals surface area contributed by atoms with Crippen LogP contribution in [-0.2, 0) is 0 Å². The summed E-state index contributed by atoms with van der Waals surface area (Å²) in [6.07, 6.45) is 5.23. The van der Waals surface area contributed by atoms with E-state index in [1.54, 1.807) is 12.4 Å². The third-order valence-electron chi connectivity index (χ3n) is 7.12. The topological polar surface area (TPSA) is 116 Å². The molecule has 0 unspecified atom stereocenters. The molecule has 0 aromatic carbocycles. The summed E-state index contributed by atoms with van der Waals surface area (Å²) in [5, 5.41) is 8.99. The van der Waals surface area contributed by atoms with Crippen LogP contribution in [-0.4, -0.2) is 46.8 Å². The fourth-order valence-corrected chi connectivity index (χ4v) is 6.10. The van der Waals surface area contributed by atoms with Gasteiger partial charge in [-0.25, -0.2) is 15.0 Å². The molecule has 4 aromatic rings. The number of carbonyl (C=O) groups excluding carboxylic acids is 1. The molecule has 6 heterocycles. The van der Waals surface area contributed by atoms with Gasteiger partial charge in [-0.2, -0.15) is 10.2 Å². The van der Waals surface area contributed by atoms with Crippen molar-refractivity contribution in [1.29, 1.82) is 0 Å². The number of pyridine rings is 2. The normalized spacial score (nSPS) is 24.2. The van der Waals surface area contributed by atoms with Gasteiger partial charge in [0.2, 0.25) is 0 Å². The van der Waals surface area contributed by atoms with Crippen molar-refractivity contribution in [2.75, 3.05) is 5.73 Å². The lowest BCUT2D eigenvalue weighted by molar-refractivity contribution is -0.0568. The van der Waals surface area contributed by atoms with E-state index in [4.69, 9.17) is 10.7 Å². The monoisotopic (exact) mass is 460 g/mol. The summed E-state index contributed by atoms with van der Waals surface area (Å²) in [6, 6.07) is 5.88. The van der Waals surface area contributed by atoms with Gasteiger partial charge in [0.05, 0.1) is 18.4 Å². The SMILES string of the molecule is Cc1ccc(-n2nccn2)c(C(=O)N2C3CC(C3)[C@@H](C)[C@H]2c2cc3nc(N)sc3nc2C)n1. The van der Waals surface area contributed by atoms with Gasteiger partial charge in [-0.1, -0.05) is 18.3 Å². The van der Waals surface area contributed by atoms with Crippen LogP contribution in [0.5, 0.6) is 0 Å². The summed E-state index contributed by atoms with van der Waals surface area (Å²) in [7, 11) is 0. The number of anilines is 1. The molecule has 2 atom stereocenters. The van der Waals surface area contributed by atoms with Gasteiger partial charge >= 0.3 is 0 Å². The number of rotatable bonds is 3. The van der Waals surface area contributed by atoms with Crippen LogP contribution in [0.4, 0.5) is 5.13 Å². The van der Waals surface area contributed by atoms with Crippen LogP contribution >= 0.6 is 11.3 Å². The second kappa shape index (κ2) is 7.31. The Morgan fingerprint density at radius 1 is 1.12 bits per heavy atom. The number of thiazole rings is 1. The average molecular weight is 461 g/mol. The number of piperidine rings is 2. The third kappa shape index (κ3) is 3.12. The first-order chi connectivity index (χ1) is 15.9. The molecule has 1 amide bonds. The summed E-state index contributed by atoms with van der Waals surface area (Å²) in [6.45, 7) is 6.13. The van der Waals surface area contributed by atoms with Gasteiger partial charge in [0.15, 0.2) is 10.8 Å². The van der Waals surface area contributed by atoms with Crippen LogP contribution in [0.25, 0.3) is 16.0 Å². The number of aromatic nitrogens is 6. The number of carbonyl (C=O) groups is 1. The average Bonchev–Trinajstić information content (AvgIpc) is 3.40. The minimum Gasteiger partial charge on any atom is -0.375 e. The van der Waals surface area contributed by atoms with E-state index in [0.717, 1.165) is 40.1 Å². The smallest absolute Gasteiger partial charge is 0.275 e. The number of nitrogens with zero attached hydrogens (tertiary/aromatic N) is 7. The lowest BCUT2D eigenvalue weighted by Gasteiger charge is -2.57. The van der Waals surface area contributed by atoms with E-state index in [9.17, 15) is 4.79 Å². The van der Waals surface area contributed by atoms with E-state index in [0.29, 0.717) is 28.3 Å². The maximum Gasteiger partial charge on any atom is 0.275 e. The molecule has 7 rings (SSSR count). The molecule has 3 fully saturated rings. The largest absolute Gasteiger partial charge is 0.375 e. The molecular formula is C23H24N8OS. The van der Waals surface area contributed by atoms with E-state index in [2.05, 4.69) is 33.2 Å². The second-order valence-electron chi connectivity index (χ2n) is 9.08. The Morgan fingerprint density at radius 2 is 1.88 bits per heavy atom. The molecule has 9 nitrogen and oxygen atoms in total. The van der Waals surface area contributed by atoms with Gasteiger partial charge in [-0.05, 0) is 62.3 Å². The zero-order valence-electron chi connectivity index (χ0n) is 18.6. The number of hydrogen-bond donors (Lipinski definition) is 1. The Bertz CT molecular complexity index is 1370. The van der Waals surface area contributed by atoms with Crippen LogP contribution in [0.15, 0.2) is 30.6 Å². The first-order valence-corrected chi connectivity index (χ1v) is 11.9. The van der Waals surface area contributed by atoms with E-state index in [-0.39, 0.29) is 18.0 Å². The van der Waals surface area contributed by atoms with E-state index in [1.165, 1.54) is 16.1 Å². The molecule has 3 aliphatic rings. The summed E-state index contributed by atoms with van der Waals surface area (Å²) >= 11 is 1.39. The van der Waals surface area contributed by atoms with Gasteiger partial charge < -0.3 is 10.6 Å². The number of aryl methyl sites for hydroxylation is 2. The van der Waals surface area contributed by atoms with Crippen molar-refractivity contribution >= 4 is 32.7 Å². The minimum atomic E-state index is -0.101. The van der Waals surface area contributed by atoms with Gasteiger partial charge in [-0.15, -0.1) is 4.80 Å². The predicted molar refractivity (Wildman–Crippen MR) is 125 cm³/mol. The van der Waals surface area contributed by atoms with Gasteiger partial charge in [0.1, 0.15) is 16.0 Å². The van der Waals surface area contributed by atoms with Crippen LogP contribution < -0.4 is 5.73 Å². The molecule has 2 saturated heterocycles. The maximum absolute atomic E-state index is 14.2. The number of amides is 1. The highest BCUT2D eigenvalue weighted by Crippen LogP contribution is 2.53. The quantitative estimate of drug-likeness (QED) is 0.497. The van der Waals surface area contributed by atoms with Crippen molar-refractivity contribution in [1.82, 2.24) is 34.8 Å². The molecule has 1 aliphatic carbocycles. The van der Waals surface area contributed by atoms with Crippen molar-refractivity contribution in [3.8, 4) is 5.69 Å². The molecule has 1 saturated carbocycles. The highest BCUT2D eigenvalue weighted by molar-refractivity contribution is 7.21. The molecule has 10 heteroatoms. The molecule has 0 radical (unpaired) electrons. The Labute approximate surface area is 194 Å². The number of nitrogens with two attached hydrogens (primary N) is 1. The Kier molecular flexibility index (Phi) is 4.48. The summed E-state index contributed by atoms with van der Waals surface area (Å²) in [4.78, 5) is 32.4. The third-order valence-corrected chi connectivity index (χ3v) is 7.91. The van der Waals surface area contributed by atoms with Crippen molar-refractivity contribution in [3.05, 3.63) is 53.2 Å². The molecule has 2 N–H and O–H groups in total. The number of fused-ring (bicyclic) bond motifs is 3. The van der Waals surface area contributed by atoms with Crippen molar-refractivity contribution < 1.29 is 4.79 Å². The van der Waals surface area contributed by atoms with Crippen LogP contribution in [0, 0.1) is 25.7 Å². The first-order valence-electron chi connectivity index (χ1n) is 11.1. The molecule has 2 aliphatic heterocycles. The lowest BCUT2D eigenvalue weighted by atomic mass is 9.63. The standard InChI is InChI=1S/C23H24N8OS/c1-11-4-5-18(31-25-6-7-26-31)19(27-11)22(32)30-15-8-14(9-15)12(2)20(30)16-10-17-21(28-13(16)3)33-23(24)29-17/h4-7,10,12,14-15,20H,8-9H2,1-3H3,(H2,24,29)/t12-,14?,15?,20+/m1/s1. The van der Waals surface area contributed by atoms with Crippen molar-refractivity contribution in [2.45, 2.75) is 45.7 Å². The first kappa shape index (κ1) is 20.2. The summed E-state index contributed by atoms with van der Waals surface area (Å²) in [5.74, 6) is 0.796. The van der Waals surface area contributed by atoms with Gasteiger partial charge in [0, 0.05) is 17.4 Å². The van der Waals surface area contributed by atoms with E-state index in [1.807, 2.05) is 30.9 Å².